The van der Waals surface area contributed by atoms with E-state index < -0.39 is 0 Å². The highest BCUT2D eigenvalue weighted by Gasteiger charge is 1.97. The maximum Gasteiger partial charge on any atom is 0.0701 e. The molecular formula is C36H74O12. The number of ether oxygens (including phenoxy) is 12. The maximum absolute atomic E-state index is 5.66. The van der Waals surface area contributed by atoms with Crippen molar-refractivity contribution in [1.82, 2.24) is 0 Å². The first-order valence-corrected chi connectivity index (χ1v) is 18.8. The fourth-order valence-electron chi connectivity index (χ4n) is 4.31. The molecule has 12 nitrogen and oxygen atoms in total. The van der Waals surface area contributed by atoms with Crippen molar-refractivity contribution >= 4 is 0 Å². The molecule has 0 atom stereocenters. The summed E-state index contributed by atoms with van der Waals surface area (Å²) < 4.78 is 65.3. The molecule has 0 saturated carbocycles. The molecule has 0 saturated heterocycles. The summed E-state index contributed by atoms with van der Waals surface area (Å²) in [6, 6.07) is 0. The molecule has 48 heavy (non-hydrogen) atoms. The van der Waals surface area contributed by atoms with Gasteiger partial charge in [-0.3, -0.25) is 0 Å². The van der Waals surface area contributed by atoms with Gasteiger partial charge in [0.15, 0.2) is 0 Å². The van der Waals surface area contributed by atoms with Gasteiger partial charge in [-0.05, 0) is 6.42 Å². The summed E-state index contributed by atoms with van der Waals surface area (Å²) in [7, 11) is 1.65. The normalized spacial score (nSPS) is 11.6. The Balaban J connectivity index is 3.04. The minimum atomic E-state index is 0.522. The van der Waals surface area contributed by atoms with Gasteiger partial charge in [0.05, 0.1) is 145 Å². The fraction of sp³-hybridized carbons (Fsp3) is 1.00. The zero-order chi connectivity index (χ0) is 34.5. The first kappa shape index (κ1) is 47.5. The van der Waals surface area contributed by atoms with Crippen molar-refractivity contribution in [3.05, 3.63) is 0 Å². The molecule has 0 heterocycles. The third kappa shape index (κ3) is 45.5. The SMILES string of the molecule is CCCCCCCCCCCCCOCCOCCOCCOCCOCCOCCOCCOCCOCCOCCOCCOC. The second kappa shape index (κ2) is 46.5. The summed E-state index contributed by atoms with van der Waals surface area (Å²) in [5, 5.41) is 0. The molecular weight excluding hydrogens is 624 g/mol. The molecule has 0 bridgehead atoms. The van der Waals surface area contributed by atoms with Crippen LogP contribution in [0.5, 0.6) is 0 Å². The van der Waals surface area contributed by atoms with Crippen LogP contribution in [0.4, 0.5) is 0 Å². The lowest BCUT2D eigenvalue weighted by atomic mass is 10.1. The van der Waals surface area contributed by atoms with Gasteiger partial charge in [-0.1, -0.05) is 71.1 Å². The molecule has 12 heteroatoms. The van der Waals surface area contributed by atoms with Gasteiger partial charge in [0.2, 0.25) is 0 Å². The van der Waals surface area contributed by atoms with Crippen LogP contribution in [0.3, 0.4) is 0 Å². The van der Waals surface area contributed by atoms with Crippen LogP contribution >= 0.6 is 0 Å². The summed E-state index contributed by atoms with van der Waals surface area (Å²) in [6.45, 7) is 15.2. The molecule has 0 amide bonds. The molecule has 0 aromatic rings. The van der Waals surface area contributed by atoms with Crippen molar-refractivity contribution in [3.8, 4) is 0 Å². The third-order valence-corrected chi connectivity index (χ3v) is 7.04. The molecule has 0 aliphatic carbocycles. The smallest absolute Gasteiger partial charge is 0.0701 e. The Morgan fingerprint density at radius 2 is 0.396 bits per heavy atom. The minimum absolute atomic E-state index is 0.522. The number of unbranched alkanes of at least 4 members (excludes halogenated alkanes) is 10. The second-order valence-electron chi connectivity index (χ2n) is 11.3. The largest absolute Gasteiger partial charge is 0.382 e. The minimum Gasteiger partial charge on any atom is -0.382 e. The first-order chi connectivity index (χ1) is 23.9. The molecule has 290 valence electrons. The zero-order valence-corrected chi connectivity index (χ0v) is 30.9. The predicted molar refractivity (Wildman–Crippen MR) is 187 cm³/mol. The molecule has 0 rings (SSSR count). The van der Waals surface area contributed by atoms with Gasteiger partial charge in [0, 0.05) is 13.7 Å². The van der Waals surface area contributed by atoms with Crippen LogP contribution in [0.2, 0.25) is 0 Å². The third-order valence-electron chi connectivity index (χ3n) is 7.04. The standard InChI is InChI=1S/C36H74O12/c1-3-4-5-6-7-8-9-10-11-12-13-14-38-17-18-40-21-22-42-25-26-44-29-30-46-33-34-48-36-35-47-32-31-45-28-27-43-24-23-41-20-19-39-16-15-37-2/h3-36H2,1-2H3. The van der Waals surface area contributed by atoms with Gasteiger partial charge in [-0.15, -0.1) is 0 Å². The van der Waals surface area contributed by atoms with Gasteiger partial charge in [-0.2, -0.15) is 0 Å². The topological polar surface area (TPSA) is 111 Å². The van der Waals surface area contributed by atoms with Gasteiger partial charge < -0.3 is 56.8 Å². The van der Waals surface area contributed by atoms with Crippen molar-refractivity contribution < 1.29 is 56.8 Å². The van der Waals surface area contributed by atoms with E-state index in [0.29, 0.717) is 145 Å². The highest BCUT2D eigenvalue weighted by Crippen LogP contribution is 2.11. The van der Waals surface area contributed by atoms with E-state index in [-0.39, 0.29) is 0 Å². The fourth-order valence-corrected chi connectivity index (χ4v) is 4.31. The zero-order valence-electron chi connectivity index (χ0n) is 30.9. The monoisotopic (exact) mass is 699 g/mol. The van der Waals surface area contributed by atoms with Gasteiger partial charge in [0.25, 0.3) is 0 Å². The van der Waals surface area contributed by atoms with Crippen molar-refractivity contribution in [1.29, 1.82) is 0 Å². The Hall–Kier alpha value is -0.480. The molecule has 0 aromatic carbocycles. The average molecular weight is 699 g/mol. The van der Waals surface area contributed by atoms with Gasteiger partial charge in [-0.25, -0.2) is 0 Å². The summed E-state index contributed by atoms with van der Waals surface area (Å²) >= 11 is 0. The highest BCUT2D eigenvalue weighted by atomic mass is 16.6. The van der Waals surface area contributed by atoms with Crippen LogP contribution in [0, 0.1) is 0 Å². The lowest BCUT2D eigenvalue weighted by molar-refractivity contribution is -0.0280. The summed E-state index contributed by atoms with van der Waals surface area (Å²) in [6.07, 6.45) is 14.9. The first-order valence-electron chi connectivity index (χ1n) is 18.8. The van der Waals surface area contributed by atoms with Crippen molar-refractivity contribution in [2.75, 3.05) is 159 Å². The van der Waals surface area contributed by atoms with E-state index >= 15 is 0 Å². The van der Waals surface area contributed by atoms with E-state index in [4.69, 9.17) is 56.8 Å². The molecule has 0 unspecified atom stereocenters. The Bertz CT molecular complexity index is 501. The summed E-state index contributed by atoms with van der Waals surface area (Å²) in [5.41, 5.74) is 0. The van der Waals surface area contributed by atoms with Crippen LogP contribution in [-0.4, -0.2) is 159 Å². The van der Waals surface area contributed by atoms with E-state index in [0.717, 1.165) is 13.0 Å². The summed E-state index contributed by atoms with van der Waals surface area (Å²) in [5.74, 6) is 0. The van der Waals surface area contributed by atoms with Crippen molar-refractivity contribution in [3.63, 3.8) is 0 Å². The number of hydrogen-bond acceptors (Lipinski definition) is 12. The lowest BCUT2D eigenvalue weighted by Crippen LogP contribution is -2.15. The van der Waals surface area contributed by atoms with Crippen LogP contribution in [0.1, 0.15) is 77.6 Å². The maximum atomic E-state index is 5.66. The molecule has 0 aromatic heterocycles. The van der Waals surface area contributed by atoms with Crippen molar-refractivity contribution in [2.45, 2.75) is 77.6 Å². The second-order valence-corrected chi connectivity index (χ2v) is 11.3. The molecule has 0 spiro atoms. The Morgan fingerprint density at radius 1 is 0.208 bits per heavy atom. The van der Waals surface area contributed by atoms with E-state index in [1.54, 1.807) is 7.11 Å². The van der Waals surface area contributed by atoms with Gasteiger partial charge in [0.1, 0.15) is 0 Å². The molecule has 0 fully saturated rings. The van der Waals surface area contributed by atoms with E-state index in [9.17, 15) is 0 Å². The molecule has 0 aliphatic heterocycles. The highest BCUT2D eigenvalue weighted by molar-refractivity contribution is 4.48. The summed E-state index contributed by atoms with van der Waals surface area (Å²) in [4.78, 5) is 0. The van der Waals surface area contributed by atoms with Crippen LogP contribution in [0.25, 0.3) is 0 Å². The Kier molecular flexibility index (Phi) is 46.1. The number of rotatable bonds is 45. The Morgan fingerprint density at radius 3 is 0.625 bits per heavy atom. The van der Waals surface area contributed by atoms with Crippen LogP contribution < -0.4 is 0 Å². The van der Waals surface area contributed by atoms with Gasteiger partial charge >= 0.3 is 0 Å². The molecule has 0 aliphatic rings. The molecule has 0 radical (unpaired) electrons. The lowest BCUT2D eigenvalue weighted by Gasteiger charge is -2.09. The Labute approximate surface area is 293 Å². The number of methoxy groups -OCH3 is 1. The van der Waals surface area contributed by atoms with E-state index in [2.05, 4.69) is 6.92 Å². The quantitative estimate of drug-likeness (QED) is 0.0787. The molecule has 0 N–H and O–H groups in total. The number of hydrogen-bond donors (Lipinski definition) is 0. The van der Waals surface area contributed by atoms with E-state index in [1.807, 2.05) is 0 Å². The predicted octanol–water partition coefficient (Wildman–Crippen LogP) is 5.13. The van der Waals surface area contributed by atoms with Crippen LogP contribution in [-0.2, 0) is 56.8 Å². The van der Waals surface area contributed by atoms with E-state index in [1.165, 1.54) is 64.2 Å². The van der Waals surface area contributed by atoms with Crippen LogP contribution in [0.15, 0.2) is 0 Å². The average Bonchev–Trinajstić information content (AvgIpc) is 3.10. The van der Waals surface area contributed by atoms with Crippen molar-refractivity contribution in [2.24, 2.45) is 0 Å².